The smallest absolute Gasteiger partial charge is 0.244 e. The summed E-state index contributed by atoms with van der Waals surface area (Å²) in [6.45, 7) is 4.31. The molecule has 2 unspecified atom stereocenters. The highest BCUT2D eigenvalue weighted by molar-refractivity contribution is 7.98. The second-order valence-electron chi connectivity index (χ2n) is 6.30. The molecule has 1 amide bonds. The zero-order valence-electron chi connectivity index (χ0n) is 13.0. The van der Waals surface area contributed by atoms with Crippen LogP contribution >= 0.6 is 23.1 Å². The second kappa shape index (κ2) is 5.94. The Morgan fingerprint density at radius 2 is 2.19 bits per heavy atom. The molecule has 1 aliphatic heterocycles. The highest BCUT2D eigenvalue weighted by Crippen LogP contribution is 2.43. The summed E-state index contributed by atoms with van der Waals surface area (Å²) in [5, 5.41) is 3.71. The molecule has 1 saturated carbocycles. The molecule has 5 heteroatoms. The van der Waals surface area contributed by atoms with Crippen molar-refractivity contribution in [2.45, 2.75) is 57.3 Å². The van der Waals surface area contributed by atoms with Gasteiger partial charge in [-0.3, -0.25) is 10.1 Å². The van der Waals surface area contributed by atoms with Crippen LogP contribution in [0.2, 0.25) is 0 Å². The van der Waals surface area contributed by atoms with Gasteiger partial charge in [-0.25, -0.2) is 0 Å². The van der Waals surface area contributed by atoms with E-state index in [-0.39, 0.29) is 17.7 Å². The minimum Gasteiger partial charge on any atom is -0.317 e. The molecular weight excluding hydrogens is 300 g/mol. The number of aryl methyl sites for hydroxylation is 1. The summed E-state index contributed by atoms with van der Waals surface area (Å²) in [6.07, 6.45) is 6.50. The topological polar surface area (TPSA) is 32.3 Å². The van der Waals surface area contributed by atoms with Gasteiger partial charge in [-0.15, -0.1) is 11.3 Å². The molecule has 0 bridgehead atoms. The van der Waals surface area contributed by atoms with Crippen molar-refractivity contribution in [2.24, 2.45) is 0 Å². The number of hydrogen-bond acceptors (Lipinski definition) is 4. The van der Waals surface area contributed by atoms with Crippen molar-refractivity contribution < 1.29 is 4.79 Å². The summed E-state index contributed by atoms with van der Waals surface area (Å²) >= 11 is 3.62. The van der Waals surface area contributed by atoms with Crippen LogP contribution in [0.4, 0.5) is 0 Å². The minimum absolute atomic E-state index is 0.0662. The maximum atomic E-state index is 13.1. The van der Waals surface area contributed by atoms with Crippen molar-refractivity contribution in [3.05, 3.63) is 21.9 Å². The van der Waals surface area contributed by atoms with Crippen molar-refractivity contribution >= 4 is 29.0 Å². The zero-order valence-corrected chi connectivity index (χ0v) is 14.6. The predicted molar refractivity (Wildman–Crippen MR) is 90.8 cm³/mol. The van der Waals surface area contributed by atoms with Crippen LogP contribution in [0.25, 0.3) is 0 Å². The van der Waals surface area contributed by atoms with Gasteiger partial charge in [-0.1, -0.05) is 12.8 Å². The average molecular weight is 325 g/mol. The number of thioether (sulfide) groups is 1. The Labute approximate surface area is 135 Å². The fourth-order valence-corrected chi connectivity index (χ4v) is 5.25. The first-order chi connectivity index (χ1) is 10.1. The molecule has 0 aromatic carbocycles. The fourth-order valence-electron chi connectivity index (χ4n) is 3.68. The number of carbonyl (C=O) groups is 1. The monoisotopic (exact) mass is 324 g/mol. The molecule has 1 N–H and O–H groups in total. The molecule has 1 saturated heterocycles. The Morgan fingerprint density at radius 1 is 1.48 bits per heavy atom. The van der Waals surface area contributed by atoms with Crippen LogP contribution in [-0.2, 0) is 4.79 Å². The third kappa shape index (κ3) is 2.64. The van der Waals surface area contributed by atoms with Crippen LogP contribution in [0, 0.1) is 6.92 Å². The third-order valence-electron chi connectivity index (χ3n) is 4.71. The van der Waals surface area contributed by atoms with Crippen LogP contribution in [0.1, 0.15) is 48.5 Å². The Hall–Kier alpha value is -0.520. The Kier molecular flexibility index (Phi) is 4.35. The van der Waals surface area contributed by atoms with E-state index in [1.54, 1.807) is 11.3 Å². The van der Waals surface area contributed by atoms with Crippen LogP contribution in [0.15, 0.2) is 12.1 Å². The van der Waals surface area contributed by atoms with Crippen LogP contribution in [0.3, 0.4) is 0 Å². The first kappa shape index (κ1) is 15.4. The normalized spacial score (nSPS) is 26.0. The highest BCUT2D eigenvalue weighted by Gasteiger charge is 2.53. The number of rotatable bonds is 4. The maximum Gasteiger partial charge on any atom is 0.244 e. The maximum absolute atomic E-state index is 13.1. The number of hydrogen-bond donors (Lipinski definition) is 1. The van der Waals surface area contributed by atoms with E-state index in [0.29, 0.717) is 5.91 Å². The summed E-state index contributed by atoms with van der Waals surface area (Å²) < 4.78 is 0. The van der Waals surface area contributed by atoms with Gasteiger partial charge in [0.2, 0.25) is 5.91 Å². The minimum atomic E-state index is -0.283. The molecule has 3 rings (SSSR count). The lowest BCUT2D eigenvalue weighted by atomic mass is 9.98. The van der Waals surface area contributed by atoms with Gasteiger partial charge >= 0.3 is 0 Å². The van der Waals surface area contributed by atoms with E-state index in [9.17, 15) is 4.79 Å². The van der Waals surface area contributed by atoms with E-state index in [0.717, 1.165) is 18.6 Å². The summed E-state index contributed by atoms with van der Waals surface area (Å²) in [7, 11) is 0. The van der Waals surface area contributed by atoms with Crippen molar-refractivity contribution in [1.82, 2.24) is 10.2 Å². The summed E-state index contributed by atoms with van der Waals surface area (Å²) in [4.78, 5) is 17.8. The van der Waals surface area contributed by atoms with E-state index in [1.165, 1.54) is 22.6 Å². The Balaban J connectivity index is 1.93. The molecule has 1 spiro atoms. The predicted octanol–water partition coefficient (Wildman–Crippen LogP) is 3.55. The zero-order chi connectivity index (χ0) is 15.0. The summed E-state index contributed by atoms with van der Waals surface area (Å²) in [6, 6.07) is 4.60. The van der Waals surface area contributed by atoms with Crippen molar-refractivity contribution in [2.75, 3.05) is 12.0 Å². The molecule has 1 aromatic rings. The molecule has 1 aliphatic carbocycles. The van der Waals surface area contributed by atoms with Gasteiger partial charge in [0.1, 0.15) is 6.17 Å². The van der Waals surface area contributed by atoms with Gasteiger partial charge in [-0.05, 0) is 45.1 Å². The van der Waals surface area contributed by atoms with E-state index in [2.05, 4.69) is 42.5 Å². The van der Waals surface area contributed by atoms with Crippen LogP contribution in [0.5, 0.6) is 0 Å². The van der Waals surface area contributed by atoms with E-state index in [4.69, 9.17) is 0 Å². The third-order valence-corrected chi connectivity index (χ3v) is 6.57. The fraction of sp³-hybridized carbons (Fsp3) is 0.688. The standard InChI is InChI=1S/C16H24N2OS2/c1-11(10-20-3)18-14(13-7-6-12(2)21-13)17-16(15(18)19)8-4-5-9-16/h6-7,11,14,17H,4-5,8-10H2,1-3H3. The van der Waals surface area contributed by atoms with Gasteiger partial charge < -0.3 is 4.90 Å². The first-order valence-corrected chi connectivity index (χ1v) is 9.94. The lowest BCUT2D eigenvalue weighted by molar-refractivity contribution is -0.134. The number of nitrogens with zero attached hydrogens (tertiary/aromatic N) is 1. The number of nitrogens with one attached hydrogen (secondary N) is 1. The SMILES string of the molecule is CSCC(C)N1C(=O)C2(CCCC2)NC1c1ccc(C)s1. The lowest BCUT2D eigenvalue weighted by Crippen LogP contribution is -2.45. The molecule has 3 nitrogen and oxygen atoms in total. The van der Waals surface area contributed by atoms with Crippen molar-refractivity contribution in [3.8, 4) is 0 Å². The largest absolute Gasteiger partial charge is 0.317 e. The van der Waals surface area contributed by atoms with E-state index in [1.807, 2.05) is 11.8 Å². The summed E-state index contributed by atoms with van der Waals surface area (Å²) in [5.74, 6) is 1.32. The number of carbonyl (C=O) groups excluding carboxylic acids is 1. The van der Waals surface area contributed by atoms with Gasteiger partial charge in [0, 0.05) is 21.5 Å². The first-order valence-electron chi connectivity index (χ1n) is 7.73. The lowest BCUT2D eigenvalue weighted by Gasteiger charge is -2.29. The number of amides is 1. The molecule has 2 heterocycles. The van der Waals surface area contributed by atoms with Crippen molar-refractivity contribution in [1.29, 1.82) is 0 Å². The molecule has 2 atom stereocenters. The van der Waals surface area contributed by atoms with Crippen LogP contribution in [-0.4, -0.2) is 34.4 Å². The molecular formula is C16H24N2OS2. The molecule has 2 aliphatic rings. The number of thiophene rings is 1. The Bertz CT molecular complexity index is 522. The van der Waals surface area contributed by atoms with E-state index >= 15 is 0 Å². The quantitative estimate of drug-likeness (QED) is 0.919. The van der Waals surface area contributed by atoms with Crippen LogP contribution < -0.4 is 5.32 Å². The van der Waals surface area contributed by atoms with Crippen molar-refractivity contribution in [3.63, 3.8) is 0 Å². The van der Waals surface area contributed by atoms with Gasteiger partial charge in [0.25, 0.3) is 0 Å². The molecule has 116 valence electrons. The molecule has 0 radical (unpaired) electrons. The highest BCUT2D eigenvalue weighted by atomic mass is 32.2. The Morgan fingerprint density at radius 3 is 2.76 bits per heavy atom. The van der Waals surface area contributed by atoms with E-state index < -0.39 is 0 Å². The average Bonchev–Trinajstić information content (AvgIpc) is 3.13. The second-order valence-corrected chi connectivity index (χ2v) is 8.53. The summed E-state index contributed by atoms with van der Waals surface area (Å²) in [5.41, 5.74) is -0.283. The van der Waals surface area contributed by atoms with Gasteiger partial charge in [0.05, 0.1) is 5.54 Å². The molecule has 2 fully saturated rings. The molecule has 21 heavy (non-hydrogen) atoms. The van der Waals surface area contributed by atoms with Gasteiger partial charge in [-0.2, -0.15) is 11.8 Å². The molecule has 1 aromatic heterocycles. The van der Waals surface area contributed by atoms with Gasteiger partial charge in [0.15, 0.2) is 0 Å².